The van der Waals surface area contributed by atoms with Crippen LogP contribution < -0.4 is 10.1 Å². The van der Waals surface area contributed by atoms with Crippen molar-refractivity contribution >= 4 is 11.9 Å². The molecule has 126 valence electrons. The van der Waals surface area contributed by atoms with Gasteiger partial charge in [0.05, 0.1) is 6.10 Å². The van der Waals surface area contributed by atoms with Gasteiger partial charge >= 0.3 is 5.97 Å². The summed E-state index contributed by atoms with van der Waals surface area (Å²) in [5, 5.41) is 11.6. The summed E-state index contributed by atoms with van der Waals surface area (Å²) in [5.41, 5.74) is 0.386. The van der Waals surface area contributed by atoms with E-state index in [4.69, 9.17) is 14.6 Å². The van der Waals surface area contributed by atoms with E-state index in [9.17, 15) is 9.59 Å². The second-order valence-electron chi connectivity index (χ2n) is 5.63. The Labute approximate surface area is 135 Å². The molecule has 0 bridgehead atoms. The summed E-state index contributed by atoms with van der Waals surface area (Å²) in [6.45, 7) is 3.10. The summed E-state index contributed by atoms with van der Waals surface area (Å²) in [5.74, 6) is -0.852. The van der Waals surface area contributed by atoms with Crippen LogP contribution in [0.5, 0.6) is 5.75 Å². The summed E-state index contributed by atoms with van der Waals surface area (Å²) in [6, 6.07) is 5.87. The molecule has 2 N–H and O–H groups in total. The maximum absolute atomic E-state index is 12.2. The van der Waals surface area contributed by atoms with Crippen molar-refractivity contribution in [2.45, 2.75) is 44.8 Å². The van der Waals surface area contributed by atoms with Crippen LogP contribution in [0.1, 0.15) is 43.0 Å². The second kappa shape index (κ2) is 8.53. The summed E-state index contributed by atoms with van der Waals surface area (Å²) in [4.78, 5) is 23.3. The van der Waals surface area contributed by atoms with E-state index in [1.165, 1.54) is 0 Å². The quantitative estimate of drug-likeness (QED) is 0.767. The zero-order valence-corrected chi connectivity index (χ0v) is 13.3. The van der Waals surface area contributed by atoms with Gasteiger partial charge in [-0.1, -0.05) is 19.4 Å². The molecule has 2 atom stereocenters. The summed E-state index contributed by atoms with van der Waals surface area (Å²) < 4.78 is 11.1. The topological polar surface area (TPSA) is 84.9 Å². The van der Waals surface area contributed by atoms with Gasteiger partial charge in [0, 0.05) is 12.2 Å². The molecule has 1 fully saturated rings. The molecule has 1 aliphatic rings. The van der Waals surface area contributed by atoms with Crippen molar-refractivity contribution in [3.05, 3.63) is 29.8 Å². The highest BCUT2D eigenvalue weighted by atomic mass is 16.5. The molecule has 1 aromatic carbocycles. The van der Waals surface area contributed by atoms with Gasteiger partial charge in [-0.05, 0) is 37.5 Å². The number of carboxylic acid groups (broad SMARTS) is 1. The number of rotatable bonds is 8. The molecule has 1 amide bonds. The molecule has 2 rings (SSSR count). The lowest BCUT2D eigenvalue weighted by atomic mass is 10.1. The minimum absolute atomic E-state index is 0.105. The molecule has 0 spiro atoms. The number of carbonyl (C=O) groups excluding carboxylic acids is 1. The number of aliphatic carboxylic acids is 1. The van der Waals surface area contributed by atoms with Crippen molar-refractivity contribution in [3.63, 3.8) is 0 Å². The smallest absolute Gasteiger partial charge is 0.326 e. The fourth-order valence-corrected chi connectivity index (χ4v) is 2.48. The van der Waals surface area contributed by atoms with Gasteiger partial charge in [0.25, 0.3) is 5.91 Å². The molecular weight excluding hydrogens is 298 g/mol. The Morgan fingerprint density at radius 2 is 2.30 bits per heavy atom. The van der Waals surface area contributed by atoms with Crippen LogP contribution >= 0.6 is 0 Å². The molecule has 0 saturated carbocycles. The summed E-state index contributed by atoms with van der Waals surface area (Å²) in [7, 11) is 0. The standard InChI is InChI=1S/C17H23NO5/c1-2-5-15(17(20)21)18-16(19)12-6-3-7-13(10-12)23-11-14-8-4-9-22-14/h3,6-7,10,14-15H,2,4-5,8-9,11H2,1H3,(H,18,19)(H,20,21). The van der Waals surface area contributed by atoms with E-state index in [0.29, 0.717) is 30.8 Å². The molecule has 1 heterocycles. The molecule has 6 heteroatoms. The molecule has 0 aliphatic carbocycles. The second-order valence-corrected chi connectivity index (χ2v) is 5.63. The number of carbonyl (C=O) groups is 2. The van der Waals surface area contributed by atoms with Gasteiger partial charge in [-0.2, -0.15) is 0 Å². The van der Waals surface area contributed by atoms with Crippen molar-refractivity contribution in [2.24, 2.45) is 0 Å². The Kier molecular flexibility index (Phi) is 6.40. The van der Waals surface area contributed by atoms with E-state index in [1.54, 1.807) is 24.3 Å². The molecule has 0 aromatic heterocycles. The highest BCUT2D eigenvalue weighted by molar-refractivity contribution is 5.96. The summed E-state index contributed by atoms with van der Waals surface area (Å²) >= 11 is 0. The molecule has 1 saturated heterocycles. The van der Waals surface area contributed by atoms with Gasteiger partial charge in [-0.25, -0.2) is 4.79 Å². The van der Waals surface area contributed by atoms with Crippen molar-refractivity contribution in [3.8, 4) is 5.75 Å². The lowest BCUT2D eigenvalue weighted by Gasteiger charge is -2.15. The minimum Gasteiger partial charge on any atom is -0.491 e. The predicted octanol–water partition coefficient (Wildman–Crippen LogP) is 2.23. The van der Waals surface area contributed by atoms with Gasteiger partial charge in [0.15, 0.2) is 0 Å². The number of benzene rings is 1. The SMILES string of the molecule is CCCC(NC(=O)c1cccc(OCC2CCCO2)c1)C(=O)O. The van der Waals surface area contributed by atoms with Gasteiger partial charge in [0.1, 0.15) is 18.4 Å². The van der Waals surface area contributed by atoms with Crippen LogP contribution in [-0.2, 0) is 9.53 Å². The van der Waals surface area contributed by atoms with E-state index in [0.717, 1.165) is 19.4 Å². The highest BCUT2D eigenvalue weighted by Crippen LogP contribution is 2.17. The largest absolute Gasteiger partial charge is 0.491 e. The third-order valence-electron chi connectivity index (χ3n) is 3.74. The Morgan fingerprint density at radius 3 is 2.96 bits per heavy atom. The fraction of sp³-hybridized carbons (Fsp3) is 0.529. The first-order valence-corrected chi connectivity index (χ1v) is 7.98. The van der Waals surface area contributed by atoms with Gasteiger partial charge in [-0.3, -0.25) is 4.79 Å². The Morgan fingerprint density at radius 1 is 1.48 bits per heavy atom. The number of amides is 1. The average molecular weight is 321 g/mol. The predicted molar refractivity (Wildman–Crippen MR) is 84.7 cm³/mol. The Bertz CT molecular complexity index is 540. The first-order chi connectivity index (χ1) is 11.1. The Hall–Kier alpha value is -2.08. The highest BCUT2D eigenvalue weighted by Gasteiger charge is 2.20. The number of nitrogens with one attached hydrogen (secondary N) is 1. The molecule has 6 nitrogen and oxygen atoms in total. The fourth-order valence-electron chi connectivity index (χ4n) is 2.48. The number of carboxylic acids is 1. The van der Waals surface area contributed by atoms with E-state index in [-0.39, 0.29) is 6.10 Å². The lowest BCUT2D eigenvalue weighted by Crippen LogP contribution is -2.40. The first kappa shape index (κ1) is 17.3. The van der Waals surface area contributed by atoms with E-state index < -0.39 is 17.9 Å². The van der Waals surface area contributed by atoms with Gasteiger partial charge < -0.3 is 19.9 Å². The average Bonchev–Trinajstić information content (AvgIpc) is 3.06. The van der Waals surface area contributed by atoms with Crippen LogP contribution in [0.2, 0.25) is 0 Å². The first-order valence-electron chi connectivity index (χ1n) is 7.98. The summed E-state index contributed by atoms with van der Waals surface area (Å²) in [6.07, 6.45) is 3.22. The van der Waals surface area contributed by atoms with E-state index >= 15 is 0 Å². The van der Waals surface area contributed by atoms with E-state index in [2.05, 4.69) is 5.32 Å². The maximum atomic E-state index is 12.2. The molecule has 23 heavy (non-hydrogen) atoms. The number of hydrogen-bond donors (Lipinski definition) is 2. The monoisotopic (exact) mass is 321 g/mol. The third-order valence-corrected chi connectivity index (χ3v) is 3.74. The molecule has 0 radical (unpaired) electrons. The number of ether oxygens (including phenoxy) is 2. The molecule has 1 aromatic rings. The van der Waals surface area contributed by atoms with Crippen LogP contribution in [0, 0.1) is 0 Å². The molecule has 1 aliphatic heterocycles. The molecule has 2 unspecified atom stereocenters. The number of hydrogen-bond acceptors (Lipinski definition) is 4. The Balaban J connectivity index is 1.94. The lowest BCUT2D eigenvalue weighted by molar-refractivity contribution is -0.139. The minimum atomic E-state index is -1.02. The van der Waals surface area contributed by atoms with E-state index in [1.807, 2.05) is 6.92 Å². The zero-order valence-electron chi connectivity index (χ0n) is 13.3. The zero-order chi connectivity index (χ0) is 16.7. The van der Waals surface area contributed by atoms with Gasteiger partial charge in [-0.15, -0.1) is 0 Å². The van der Waals surface area contributed by atoms with Crippen molar-refractivity contribution in [1.29, 1.82) is 0 Å². The van der Waals surface area contributed by atoms with Crippen molar-refractivity contribution in [2.75, 3.05) is 13.2 Å². The van der Waals surface area contributed by atoms with Crippen LogP contribution in [0.15, 0.2) is 24.3 Å². The third kappa shape index (κ3) is 5.25. The van der Waals surface area contributed by atoms with Crippen LogP contribution in [0.4, 0.5) is 0 Å². The van der Waals surface area contributed by atoms with Crippen LogP contribution in [0.25, 0.3) is 0 Å². The maximum Gasteiger partial charge on any atom is 0.326 e. The van der Waals surface area contributed by atoms with Crippen molar-refractivity contribution in [1.82, 2.24) is 5.32 Å². The van der Waals surface area contributed by atoms with Crippen LogP contribution in [-0.4, -0.2) is 42.3 Å². The van der Waals surface area contributed by atoms with Crippen molar-refractivity contribution < 1.29 is 24.2 Å². The molecular formula is C17H23NO5. The van der Waals surface area contributed by atoms with Gasteiger partial charge in [0.2, 0.25) is 0 Å². The normalized spacial score (nSPS) is 18.4. The van der Waals surface area contributed by atoms with Crippen LogP contribution in [0.3, 0.4) is 0 Å².